The van der Waals surface area contributed by atoms with E-state index in [1.54, 1.807) is 0 Å². The molecule has 0 fully saturated rings. The lowest BCUT2D eigenvalue weighted by Gasteiger charge is -2.43. The molecular formula is C25H29NOSi. The van der Waals surface area contributed by atoms with E-state index < -0.39 is 8.32 Å². The highest BCUT2D eigenvalue weighted by Crippen LogP contribution is 2.37. The average Bonchev–Trinajstić information content (AvgIpc) is 3.12. The molecule has 0 amide bonds. The summed E-state index contributed by atoms with van der Waals surface area (Å²) in [4.78, 5) is 0. The standard InChI is InChI=1S/C25H29NOSi/c1-25(2,3)28(22-13-6-4-7-14-22,23-15-8-5-9-16-23)27-19-21-18-20-12-10-11-17-24(20)26-21/h4-17,21,26H,18-19H2,1-3H3/t21-/m0/s1. The first-order valence-electron chi connectivity index (χ1n) is 10.1. The van der Waals surface area contributed by atoms with Crippen LogP contribution in [0.15, 0.2) is 84.9 Å². The first-order chi connectivity index (χ1) is 13.5. The molecule has 0 spiro atoms. The maximum Gasteiger partial charge on any atom is 0.261 e. The number of anilines is 1. The largest absolute Gasteiger partial charge is 0.405 e. The van der Waals surface area contributed by atoms with Gasteiger partial charge in [0.2, 0.25) is 0 Å². The third kappa shape index (κ3) is 3.41. The molecule has 0 aromatic heterocycles. The maximum absolute atomic E-state index is 7.06. The minimum Gasteiger partial charge on any atom is -0.405 e. The van der Waals surface area contributed by atoms with Gasteiger partial charge in [0.1, 0.15) is 0 Å². The van der Waals surface area contributed by atoms with Crippen LogP contribution in [-0.2, 0) is 10.8 Å². The first-order valence-corrected chi connectivity index (χ1v) is 12.0. The normalized spacial score (nSPS) is 16.5. The summed E-state index contributed by atoms with van der Waals surface area (Å²) in [5, 5.41) is 6.35. The van der Waals surface area contributed by atoms with Crippen molar-refractivity contribution in [2.45, 2.75) is 38.3 Å². The number of hydrogen-bond donors (Lipinski definition) is 1. The van der Waals surface area contributed by atoms with Crippen LogP contribution in [0.2, 0.25) is 5.04 Å². The van der Waals surface area contributed by atoms with Gasteiger partial charge in [-0.2, -0.15) is 0 Å². The zero-order valence-corrected chi connectivity index (χ0v) is 18.0. The van der Waals surface area contributed by atoms with Crippen LogP contribution in [0.25, 0.3) is 0 Å². The van der Waals surface area contributed by atoms with Gasteiger partial charge in [0.15, 0.2) is 0 Å². The van der Waals surface area contributed by atoms with E-state index in [2.05, 4.69) is 111 Å². The fourth-order valence-electron chi connectivity index (χ4n) is 4.46. The van der Waals surface area contributed by atoms with E-state index in [-0.39, 0.29) is 5.04 Å². The molecule has 1 aliphatic rings. The molecule has 3 aromatic rings. The predicted molar refractivity (Wildman–Crippen MR) is 121 cm³/mol. The van der Waals surface area contributed by atoms with Crippen molar-refractivity contribution in [2.24, 2.45) is 0 Å². The monoisotopic (exact) mass is 387 g/mol. The molecule has 2 nitrogen and oxygen atoms in total. The number of hydrogen-bond acceptors (Lipinski definition) is 2. The molecule has 1 atom stereocenters. The average molecular weight is 388 g/mol. The Labute approximate surface area is 169 Å². The fourth-order valence-corrected chi connectivity index (χ4v) is 9.07. The van der Waals surface area contributed by atoms with Crippen molar-refractivity contribution in [1.29, 1.82) is 0 Å². The van der Waals surface area contributed by atoms with Crippen LogP contribution in [0.5, 0.6) is 0 Å². The third-order valence-electron chi connectivity index (χ3n) is 5.76. The molecule has 1 heterocycles. The van der Waals surface area contributed by atoms with Crippen molar-refractivity contribution in [2.75, 3.05) is 11.9 Å². The van der Waals surface area contributed by atoms with Gasteiger partial charge < -0.3 is 9.74 Å². The Balaban J connectivity index is 1.70. The molecule has 3 aromatic carbocycles. The van der Waals surface area contributed by atoms with E-state index in [0.29, 0.717) is 12.6 Å². The summed E-state index contributed by atoms with van der Waals surface area (Å²) < 4.78 is 7.06. The topological polar surface area (TPSA) is 21.3 Å². The van der Waals surface area contributed by atoms with E-state index in [1.807, 2.05) is 0 Å². The highest BCUT2D eigenvalue weighted by molar-refractivity contribution is 6.99. The molecule has 0 saturated carbocycles. The van der Waals surface area contributed by atoms with Crippen molar-refractivity contribution in [3.8, 4) is 0 Å². The number of rotatable bonds is 5. The Morgan fingerprint density at radius 2 is 1.36 bits per heavy atom. The summed E-state index contributed by atoms with van der Waals surface area (Å²) >= 11 is 0. The summed E-state index contributed by atoms with van der Waals surface area (Å²) in [6, 6.07) is 30.6. The Hall–Kier alpha value is -2.36. The Morgan fingerprint density at radius 3 is 1.89 bits per heavy atom. The molecule has 0 radical (unpaired) electrons. The quantitative estimate of drug-likeness (QED) is 0.646. The van der Waals surface area contributed by atoms with E-state index in [9.17, 15) is 0 Å². The summed E-state index contributed by atoms with van der Waals surface area (Å²) in [6.07, 6.45) is 1.02. The van der Waals surface area contributed by atoms with Gasteiger partial charge in [-0.1, -0.05) is 99.6 Å². The summed E-state index contributed by atoms with van der Waals surface area (Å²) in [7, 11) is -2.46. The van der Waals surface area contributed by atoms with Crippen LogP contribution in [0.4, 0.5) is 5.69 Å². The molecule has 0 aliphatic carbocycles. The Kier molecular flexibility index (Phi) is 5.13. The lowest BCUT2D eigenvalue weighted by Crippen LogP contribution is -2.67. The summed E-state index contributed by atoms with van der Waals surface area (Å²) in [6.45, 7) is 7.70. The fraction of sp³-hybridized carbons (Fsp3) is 0.280. The van der Waals surface area contributed by atoms with Crippen LogP contribution in [-0.4, -0.2) is 21.0 Å². The van der Waals surface area contributed by atoms with E-state index in [0.717, 1.165) is 6.42 Å². The van der Waals surface area contributed by atoms with Crippen molar-refractivity contribution >= 4 is 24.4 Å². The zero-order valence-electron chi connectivity index (χ0n) is 17.0. The Bertz CT molecular complexity index is 854. The van der Waals surface area contributed by atoms with E-state index in [1.165, 1.54) is 21.6 Å². The van der Waals surface area contributed by atoms with E-state index in [4.69, 9.17) is 4.43 Å². The molecule has 28 heavy (non-hydrogen) atoms. The molecule has 0 bridgehead atoms. The molecule has 1 N–H and O–H groups in total. The molecule has 144 valence electrons. The van der Waals surface area contributed by atoms with Gasteiger partial charge in [-0.05, 0) is 33.5 Å². The SMILES string of the molecule is CC(C)(C)[Si](OC[C@@H]1Cc2ccccc2N1)(c1ccccc1)c1ccccc1. The number of fused-ring (bicyclic) bond motifs is 1. The van der Waals surface area contributed by atoms with Gasteiger partial charge >= 0.3 is 0 Å². The smallest absolute Gasteiger partial charge is 0.261 e. The maximum atomic E-state index is 7.06. The first kappa shape index (κ1) is 19.0. The lowest BCUT2D eigenvalue weighted by molar-refractivity contribution is 0.281. The molecule has 0 unspecified atom stereocenters. The molecule has 4 rings (SSSR count). The van der Waals surface area contributed by atoms with Crippen LogP contribution < -0.4 is 15.7 Å². The van der Waals surface area contributed by atoms with Crippen LogP contribution in [0, 0.1) is 0 Å². The molecule has 3 heteroatoms. The van der Waals surface area contributed by atoms with Gasteiger partial charge in [-0.3, -0.25) is 0 Å². The lowest BCUT2D eigenvalue weighted by atomic mass is 10.1. The second-order valence-electron chi connectivity index (χ2n) is 8.68. The second-order valence-corrected chi connectivity index (χ2v) is 13.0. The van der Waals surface area contributed by atoms with Crippen LogP contribution in [0.1, 0.15) is 26.3 Å². The van der Waals surface area contributed by atoms with E-state index >= 15 is 0 Å². The number of nitrogens with one attached hydrogen (secondary N) is 1. The summed E-state index contributed by atoms with van der Waals surface area (Å²) in [5.74, 6) is 0. The van der Waals surface area contributed by atoms with Crippen molar-refractivity contribution < 1.29 is 4.43 Å². The second kappa shape index (κ2) is 7.57. The molecular weight excluding hydrogens is 358 g/mol. The number of benzene rings is 3. The highest BCUT2D eigenvalue weighted by Gasteiger charge is 2.50. The van der Waals surface area contributed by atoms with Gasteiger partial charge in [0.25, 0.3) is 8.32 Å². The zero-order chi connectivity index (χ0) is 19.6. The number of para-hydroxylation sites is 1. The third-order valence-corrected chi connectivity index (χ3v) is 10.8. The van der Waals surface area contributed by atoms with Crippen molar-refractivity contribution in [3.05, 3.63) is 90.5 Å². The van der Waals surface area contributed by atoms with Crippen LogP contribution in [0.3, 0.4) is 0 Å². The van der Waals surface area contributed by atoms with Crippen molar-refractivity contribution in [3.63, 3.8) is 0 Å². The molecule has 1 aliphatic heterocycles. The van der Waals surface area contributed by atoms with Gasteiger partial charge in [-0.15, -0.1) is 0 Å². The predicted octanol–water partition coefficient (Wildman–Crippen LogP) is 4.60. The highest BCUT2D eigenvalue weighted by atomic mass is 28.4. The Morgan fingerprint density at radius 1 is 0.821 bits per heavy atom. The van der Waals surface area contributed by atoms with Gasteiger partial charge in [0.05, 0.1) is 12.6 Å². The van der Waals surface area contributed by atoms with Crippen molar-refractivity contribution in [1.82, 2.24) is 0 Å². The minimum atomic E-state index is -2.46. The molecule has 0 saturated heterocycles. The van der Waals surface area contributed by atoms with Gasteiger partial charge in [0, 0.05) is 5.69 Å². The van der Waals surface area contributed by atoms with Gasteiger partial charge in [-0.25, -0.2) is 0 Å². The minimum absolute atomic E-state index is 0.0150. The summed E-state index contributed by atoms with van der Waals surface area (Å²) in [5.41, 5.74) is 2.64. The van der Waals surface area contributed by atoms with Crippen LogP contribution >= 0.6 is 0 Å².